The minimum atomic E-state index is -0.421. The number of carbonyl (C=O) groups excluding carboxylic acids is 2. The first-order valence-corrected chi connectivity index (χ1v) is 5.86. The van der Waals surface area contributed by atoms with Gasteiger partial charge in [0.25, 0.3) is 0 Å². The van der Waals surface area contributed by atoms with Gasteiger partial charge >= 0.3 is 12.0 Å². The number of carbonyl (C=O) groups is 2. The van der Waals surface area contributed by atoms with Crippen LogP contribution in [0.4, 0.5) is 4.79 Å². The Morgan fingerprint density at radius 3 is 2.47 bits per heavy atom. The molecule has 0 unspecified atom stereocenters. The summed E-state index contributed by atoms with van der Waals surface area (Å²) in [5.41, 5.74) is 0. The fraction of sp³-hybridized carbons (Fsp3) is 0.818. The van der Waals surface area contributed by atoms with Gasteiger partial charge in [-0.15, -0.1) is 0 Å². The van der Waals surface area contributed by atoms with Gasteiger partial charge in [0, 0.05) is 13.1 Å². The zero-order chi connectivity index (χ0) is 12.8. The van der Waals surface area contributed by atoms with Gasteiger partial charge in [0.15, 0.2) is 0 Å². The Morgan fingerprint density at radius 2 is 1.94 bits per heavy atom. The molecule has 0 aliphatic carbocycles. The molecule has 2 amide bonds. The van der Waals surface area contributed by atoms with Crippen LogP contribution in [0.1, 0.15) is 20.8 Å². The quantitative estimate of drug-likeness (QED) is 0.728. The fourth-order valence-corrected chi connectivity index (χ4v) is 1.82. The molecule has 1 fully saturated rings. The highest BCUT2D eigenvalue weighted by Gasteiger charge is 2.25. The van der Waals surface area contributed by atoms with Crippen LogP contribution in [0.3, 0.4) is 0 Å². The average molecular weight is 244 g/mol. The van der Waals surface area contributed by atoms with Gasteiger partial charge in [0.05, 0.1) is 18.8 Å². The van der Waals surface area contributed by atoms with Crippen LogP contribution in [0.2, 0.25) is 0 Å². The van der Waals surface area contributed by atoms with Crippen molar-refractivity contribution in [2.24, 2.45) is 0 Å². The van der Waals surface area contributed by atoms with Crippen molar-refractivity contribution in [3.05, 3.63) is 0 Å². The highest BCUT2D eigenvalue weighted by atomic mass is 16.5. The predicted octanol–water partition coefficient (Wildman–Crippen LogP) is 0.368. The van der Waals surface area contributed by atoms with Crippen molar-refractivity contribution in [1.82, 2.24) is 10.2 Å². The highest BCUT2D eigenvalue weighted by Crippen LogP contribution is 2.10. The standard InChI is InChI=1S/C11H20N2O4/c1-4-16-10(14)5-12-11(15)13-6-8(2)17-9(3)7-13/h8-9H,4-7H2,1-3H3,(H,12,15)/t8-,9-/m0/s1. The molecule has 1 heterocycles. The van der Waals surface area contributed by atoms with E-state index >= 15 is 0 Å². The fourth-order valence-electron chi connectivity index (χ4n) is 1.82. The van der Waals surface area contributed by atoms with E-state index in [1.807, 2.05) is 13.8 Å². The van der Waals surface area contributed by atoms with Crippen molar-refractivity contribution in [1.29, 1.82) is 0 Å². The normalized spacial score (nSPS) is 24.3. The number of morpholine rings is 1. The van der Waals surface area contributed by atoms with Crippen LogP contribution in [-0.2, 0) is 14.3 Å². The largest absolute Gasteiger partial charge is 0.465 e. The maximum Gasteiger partial charge on any atom is 0.325 e. The van der Waals surface area contributed by atoms with Crippen molar-refractivity contribution in [3.63, 3.8) is 0 Å². The van der Waals surface area contributed by atoms with Gasteiger partial charge in [-0.05, 0) is 20.8 Å². The van der Waals surface area contributed by atoms with E-state index in [0.717, 1.165) is 0 Å². The van der Waals surface area contributed by atoms with Crippen molar-refractivity contribution in [2.75, 3.05) is 26.2 Å². The van der Waals surface area contributed by atoms with Gasteiger partial charge in [0.2, 0.25) is 0 Å². The summed E-state index contributed by atoms with van der Waals surface area (Å²) < 4.78 is 10.2. The van der Waals surface area contributed by atoms with E-state index in [0.29, 0.717) is 19.7 Å². The molecule has 1 saturated heterocycles. The van der Waals surface area contributed by atoms with Crippen LogP contribution in [-0.4, -0.2) is 55.3 Å². The molecule has 0 spiro atoms. The van der Waals surface area contributed by atoms with E-state index < -0.39 is 5.97 Å². The SMILES string of the molecule is CCOC(=O)CNC(=O)N1C[C@H](C)O[C@@H](C)C1. The number of nitrogens with zero attached hydrogens (tertiary/aromatic N) is 1. The Labute approximate surface area is 101 Å². The summed E-state index contributed by atoms with van der Waals surface area (Å²) in [7, 11) is 0. The number of urea groups is 1. The van der Waals surface area contributed by atoms with E-state index in [1.54, 1.807) is 11.8 Å². The molecule has 17 heavy (non-hydrogen) atoms. The minimum absolute atomic E-state index is 0.0205. The molecular formula is C11H20N2O4. The molecule has 1 aliphatic rings. The number of amides is 2. The van der Waals surface area contributed by atoms with E-state index in [1.165, 1.54) is 0 Å². The number of hydrogen-bond donors (Lipinski definition) is 1. The summed E-state index contributed by atoms with van der Waals surface area (Å²) in [5, 5.41) is 2.53. The third kappa shape index (κ3) is 4.60. The Kier molecular flexibility index (Phi) is 5.21. The van der Waals surface area contributed by atoms with E-state index in [-0.39, 0.29) is 24.8 Å². The smallest absolute Gasteiger partial charge is 0.325 e. The van der Waals surface area contributed by atoms with E-state index in [9.17, 15) is 9.59 Å². The maximum absolute atomic E-state index is 11.7. The Morgan fingerprint density at radius 1 is 1.35 bits per heavy atom. The molecule has 0 bridgehead atoms. The van der Waals surface area contributed by atoms with Gasteiger partial charge in [-0.3, -0.25) is 4.79 Å². The second kappa shape index (κ2) is 6.44. The lowest BCUT2D eigenvalue weighted by Gasteiger charge is -2.35. The summed E-state index contributed by atoms with van der Waals surface area (Å²) in [6.45, 7) is 6.87. The third-order valence-corrected chi connectivity index (χ3v) is 2.40. The van der Waals surface area contributed by atoms with Crippen LogP contribution in [0.5, 0.6) is 0 Å². The monoisotopic (exact) mass is 244 g/mol. The number of hydrogen-bond acceptors (Lipinski definition) is 4. The third-order valence-electron chi connectivity index (χ3n) is 2.40. The first-order chi connectivity index (χ1) is 8.02. The lowest BCUT2D eigenvalue weighted by atomic mass is 10.2. The van der Waals surface area contributed by atoms with Crippen molar-refractivity contribution in [2.45, 2.75) is 33.0 Å². The minimum Gasteiger partial charge on any atom is -0.465 e. The Hall–Kier alpha value is -1.30. The molecule has 2 atom stereocenters. The second-order valence-electron chi connectivity index (χ2n) is 4.13. The summed E-state index contributed by atoms with van der Waals surface area (Å²) >= 11 is 0. The molecular weight excluding hydrogens is 224 g/mol. The summed E-state index contributed by atoms with van der Waals surface area (Å²) in [5.74, 6) is -0.421. The lowest BCUT2D eigenvalue weighted by molar-refractivity contribution is -0.141. The average Bonchev–Trinajstić information content (AvgIpc) is 2.25. The first kappa shape index (κ1) is 13.8. The molecule has 0 aromatic rings. The van der Waals surface area contributed by atoms with E-state index in [4.69, 9.17) is 9.47 Å². The molecule has 1 N–H and O–H groups in total. The molecule has 0 saturated carbocycles. The number of ether oxygens (including phenoxy) is 2. The van der Waals surface area contributed by atoms with Gasteiger partial charge in [-0.2, -0.15) is 0 Å². The molecule has 1 rings (SSSR count). The molecule has 6 heteroatoms. The van der Waals surface area contributed by atoms with Crippen LogP contribution >= 0.6 is 0 Å². The van der Waals surface area contributed by atoms with Gasteiger partial charge in [-0.25, -0.2) is 4.79 Å². The summed E-state index contributed by atoms with van der Waals surface area (Å²) in [4.78, 5) is 24.5. The van der Waals surface area contributed by atoms with Crippen molar-refractivity contribution in [3.8, 4) is 0 Å². The molecule has 6 nitrogen and oxygen atoms in total. The van der Waals surface area contributed by atoms with Gasteiger partial charge in [0.1, 0.15) is 6.54 Å². The van der Waals surface area contributed by atoms with Crippen molar-refractivity contribution >= 4 is 12.0 Å². The number of esters is 1. The second-order valence-corrected chi connectivity index (χ2v) is 4.13. The summed E-state index contributed by atoms with van der Waals surface area (Å²) in [6.07, 6.45) is 0.0409. The first-order valence-electron chi connectivity index (χ1n) is 5.86. The lowest BCUT2D eigenvalue weighted by Crippen LogP contribution is -2.52. The van der Waals surface area contributed by atoms with Gasteiger partial charge < -0.3 is 19.7 Å². The van der Waals surface area contributed by atoms with Crippen molar-refractivity contribution < 1.29 is 19.1 Å². The zero-order valence-corrected chi connectivity index (χ0v) is 10.6. The topological polar surface area (TPSA) is 67.9 Å². The van der Waals surface area contributed by atoms with Crippen LogP contribution in [0, 0.1) is 0 Å². The molecule has 0 radical (unpaired) electrons. The maximum atomic E-state index is 11.7. The van der Waals surface area contributed by atoms with Crippen LogP contribution in [0.25, 0.3) is 0 Å². The van der Waals surface area contributed by atoms with E-state index in [2.05, 4.69) is 5.32 Å². The van der Waals surface area contributed by atoms with Crippen LogP contribution in [0.15, 0.2) is 0 Å². The molecule has 0 aromatic heterocycles. The van der Waals surface area contributed by atoms with Gasteiger partial charge in [-0.1, -0.05) is 0 Å². The Balaban J connectivity index is 2.34. The molecule has 0 aromatic carbocycles. The predicted molar refractivity (Wildman–Crippen MR) is 61.6 cm³/mol. The highest BCUT2D eigenvalue weighted by molar-refractivity contribution is 5.80. The number of rotatable bonds is 3. The number of nitrogens with one attached hydrogen (secondary N) is 1. The summed E-state index contributed by atoms with van der Waals surface area (Å²) in [6, 6.07) is -0.250. The Bertz CT molecular complexity index is 273. The zero-order valence-electron chi connectivity index (χ0n) is 10.6. The molecule has 98 valence electrons. The molecule has 1 aliphatic heterocycles. The van der Waals surface area contributed by atoms with Crippen LogP contribution < -0.4 is 5.32 Å².